The summed E-state index contributed by atoms with van der Waals surface area (Å²) in [6, 6.07) is 5.15. The lowest BCUT2D eigenvalue weighted by atomic mass is 10.00. The monoisotopic (exact) mass is 294 g/mol. The first-order chi connectivity index (χ1) is 10.1. The highest BCUT2D eigenvalue weighted by atomic mass is 16.5. The number of carbonyl (C=O) groups excluding carboxylic acids is 1. The second-order valence-electron chi connectivity index (χ2n) is 5.04. The maximum atomic E-state index is 12.2. The summed E-state index contributed by atoms with van der Waals surface area (Å²) in [7, 11) is 3.13. The Kier molecular flexibility index (Phi) is 7.61. The highest BCUT2D eigenvalue weighted by molar-refractivity contribution is 5.95. The molecule has 0 heterocycles. The van der Waals surface area contributed by atoms with E-state index in [4.69, 9.17) is 15.2 Å². The van der Waals surface area contributed by atoms with Crippen LogP contribution in [0.25, 0.3) is 0 Å². The highest BCUT2D eigenvalue weighted by Gasteiger charge is 2.12. The molecule has 1 aromatic rings. The zero-order chi connectivity index (χ0) is 15.7. The van der Waals surface area contributed by atoms with Gasteiger partial charge in [-0.15, -0.1) is 0 Å². The summed E-state index contributed by atoms with van der Waals surface area (Å²) < 4.78 is 10.3. The van der Waals surface area contributed by atoms with Crippen LogP contribution in [-0.2, 0) is 0 Å². The maximum Gasteiger partial charge on any atom is 0.251 e. The average molecular weight is 294 g/mol. The fraction of sp³-hybridized carbons (Fsp3) is 0.562. The molecule has 0 bridgehead atoms. The second kappa shape index (κ2) is 9.23. The van der Waals surface area contributed by atoms with Gasteiger partial charge in [0.25, 0.3) is 5.91 Å². The van der Waals surface area contributed by atoms with Crippen LogP contribution in [0.15, 0.2) is 18.2 Å². The van der Waals surface area contributed by atoms with E-state index in [0.717, 1.165) is 19.3 Å². The molecule has 21 heavy (non-hydrogen) atoms. The summed E-state index contributed by atoms with van der Waals surface area (Å²) in [6.45, 7) is 3.43. The molecule has 0 fully saturated rings. The Morgan fingerprint density at radius 3 is 2.29 bits per heavy atom. The Morgan fingerprint density at radius 1 is 1.19 bits per heavy atom. The summed E-state index contributed by atoms with van der Waals surface area (Å²) in [5, 5.41) is 2.97. The SMILES string of the molecule is CCCC(CCN)CNC(=O)c1cc(OC)cc(OC)c1. The van der Waals surface area contributed by atoms with Gasteiger partial charge in [-0.25, -0.2) is 0 Å². The molecule has 1 amide bonds. The summed E-state index contributed by atoms with van der Waals surface area (Å²) in [5.74, 6) is 1.51. The van der Waals surface area contributed by atoms with Gasteiger partial charge >= 0.3 is 0 Å². The Hall–Kier alpha value is -1.75. The Morgan fingerprint density at radius 2 is 1.81 bits per heavy atom. The molecule has 0 saturated carbocycles. The highest BCUT2D eigenvalue weighted by Crippen LogP contribution is 2.22. The minimum Gasteiger partial charge on any atom is -0.497 e. The number of ether oxygens (including phenoxy) is 2. The predicted molar refractivity (Wildman–Crippen MR) is 83.9 cm³/mol. The van der Waals surface area contributed by atoms with Gasteiger partial charge in [0.1, 0.15) is 11.5 Å². The number of methoxy groups -OCH3 is 2. The number of hydrogen-bond donors (Lipinski definition) is 2. The number of nitrogens with one attached hydrogen (secondary N) is 1. The van der Waals surface area contributed by atoms with E-state index >= 15 is 0 Å². The van der Waals surface area contributed by atoms with Crippen LogP contribution in [0.4, 0.5) is 0 Å². The minimum atomic E-state index is -0.120. The molecule has 5 heteroatoms. The molecule has 1 atom stereocenters. The molecule has 0 aromatic heterocycles. The van der Waals surface area contributed by atoms with E-state index in [9.17, 15) is 4.79 Å². The van der Waals surface area contributed by atoms with Crippen LogP contribution in [-0.4, -0.2) is 33.2 Å². The molecule has 0 aliphatic rings. The molecule has 0 saturated heterocycles. The van der Waals surface area contributed by atoms with Crippen molar-refractivity contribution in [1.82, 2.24) is 5.32 Å². The minimum absolute atomic E-state index is 0.120. The lowest BCUT2D eigenvalue weighted by Crippen LogP contribution is -2.30. The molecule has 0 spiro atoms. The number of hydrogen-bond acceptors (Lipinski definition) is 4. The largest absolute Gasteiger partial charge is 0.497 e. The van der Waals surface area contributed by atoms with Crippen molar-refractivity contribution in [3.05, 3.63) is 23.8 Å². The molecule has 3 N–H and O–H groups in total. The summed E-state index contributed by atoms with van der Waals surface area (Å²) in [5.41, 5.74) is 6.14. The molecule has 0 radical (unpaired) electrons. The molecule has 1 rings (SSSR count). The van der Waals surface area contributed by atoms with Crippen molar-refractivity contribution in [3.63, 3.8) is 0 Å². The molecular formula is C16H26N2O3. The first-order valence-corrected chi connectivity index (χ1v) is 7.35. The molecular weight excluding hydrogens is 268 g/mol. The van der Waals surface area contributed by atoms with E-state index in [1.165, 1.54) is 0 Å². The predicted octanol–water partition coefficient (Wildman–Crippen LogP) is 2.20. The zero-order valence-corrected chi connectivity index (χ0v) is 13.1. The Balaban J connectivity index is 2.70. The fourth-order valence-corrected chi connectivity index (χ4v) is 2.27. The van der Waals surface area contributed by atoms with E-state index < -0.39 is 0 Å². The molecule has 1 aromatic carbocycles. The topological polar surface area (TPSA) is 73.6 Å². The summed E-state index contributed by atoms with van der Waals surface area (Å²) in [4.78, 5) is 12.2. The smallest absolute Gasteiger partial charge is 0.251 e. The lowest BCUT2D eigenvalue weighted by Gasteiger charge is -2.16. The van der Waals surface area contributed by atoms with Gasteiger partial charge in [-0.05, 0) is 37.4 Å². The Labute approximate surface area is 126 Å². The van der Waals surface area contributed by atoms with Crippen molar-refractivity contribution < 1.29 is 14.3 Å². The van der Waals surface area contributed by atoms with Gasteiger partial charge < -0.3 is 20.5 Å². The van der Waals surface area contributed by atoms with E-state index in [1.54, 1.807) is 32.4 Å². The standard InChI is InChI=1S/C16H26N2O3/c1-4-5-12(6-7-17)11-18-16(19)13-8-14(20-2)10-15(9-13)21-3/h8-10,12H,4-7,11,17H2,1-3H3,(H,18,19). The van der Waals surface area contributed by atoms with Crippen molar-refractivity contribution in [3.8, 4) is 11.5 Å². The molecule has 118 valence electrons. The number of nitrogens with two attached hydrogens (primary N) is 1. The molecule has 0 aliphatic heterocycles. The third-order valence-corrected chi connectivity index (χ3v) is 3.44. The third kappa shape index (κ3) is 5.63. The van der Waals surface area contributed by atoms with E-state index in [-0.39, 0.29) is 5.91 Å². The lowest BCUT2D eigenvalue weighted by molar-refractivity contribution is 0.0945. The average Bonchev–Trinajstić information content (AvgIpc) is 2.52. The zero-order valence-electron chi connectivity index (χ0n) is 13.1. The van der Waals surface area contributed by atoms with Crippen LogP contribution in [0, 0.1) is 5.92 Å². The Bertz CT molecular complexity index is 421. The summed E-state index contributed by atoms with van der Waals surface area (Å²) >= 11 is 0. The van der Waals surface area contributed by atoms with E-state index in [1.807, 2.05) is 0 Å². The van der Waals surface area contributed by atoms with Gasteiger partial charge in [0.2, 0.25) is 0 Å². The summed E-state index contributed by atoms with van der Waals surface area (Å²) in [6.07, 6.45) is 3.09. The van der Waals surface area contributed by atoms with E-state index in [0.29, 0.717) is 36.1 Å². The van der Waals surface area contributed by atoms with Crippen LogP contribution >= 0.6 is 0 Å². The quantitative estimate of drug-likeness (QED) is 0.732. The first-order valence-electron chi connectivity index (χ1n) is 7.35. The number of rotatable bonds is 9. The van der Waals surface area contributed by atoms with Crippen molar-refractivity contribution in [1.29, 1.82) is 0 Å². The van der Waals surface area contributed by atoms with Crippen molar-refractivity contribution in [2.45, 2.75) is 26.2 Å². The second-order valence-corrected chi connectivity index (χ2v) is 5.04. The van der Waals surface area contributed by atoms with Gasteiger partial charge in [0, 0.05) is 18.2 Å². The van der Waals surface area contributed by atoms with Crippen molar-refractivity contribution in [2.75, 3.05) is 27.3 Å². The third-order valence-electron chi connectivity index (χ3n) is 3.44. The van der Waals surface area contributed by atoms with Gasteiger partial charge in [0.15, 0.2) is 0 Å². The maximum absolute atomic E-state index is 12.2. The van der Waals surface area contributed by atoms with Crippen LogP contribution in [0.5, 0.6) is 11.5 Å². The number of amides is 1. The van der Waals surface area contributed by atoms with Crippen LogP contribution in [0.1, 0.15) is 36.5 Å². The number of carbonyl (C=O) groups is 1. The molecule has 5 nitrogen and oxygen atoms in total. The van der Waals surface area contributed by atoms with Crippen LogP contribution < -0.4 is 20.5 Å². The molecule has 0 aliphatic carbocycles. The van der Waals surface area contributed by atoms with Crippen molar-refractivity contribution >= 4 is 5.91 Å². The van der Waals surface area contributed by atoms with Gasteiger partial charge in [-0.3, -0.25) is 4.79 Å². The van der Waals surface area contributed by atoms with Gasteiger partial charge in [0.05, 0.1) is 14.2 Å². The first kappa shape index (κ1) is 17.3. The van der Waals surface area contributed by atoms with Crippen LogP contribution in [0.2, 0.25) is 0 Å². The van der Waals surface area contributed by atoms with E-state index in [2.05, 4.69) is 12.2 Å². The molecule has 1 unspecified atom stereocenters. The van der Waals surface area contributed by atoms with Gasteiger partial charge in [-0.1, -0.05) is 13.3 Å². The van der Waals surface area contributed by atoms with Crippen LogP contribution in [0.3, 0.4) is 0 Å². The van der Waals surface area contributed by atoms with Gasteiger partial charge in [-0.2, -0.15) is 0 Å². The fourth-order valence-electron chi connectivity index (χ4n) is 2.27. The number of benzene rings is 1. The normalized spacial score (nSPS) is 11.8. The van der Waals surface area contributed by atoms with Crippen molar-refractivity contribution in [2.24, 2.45) is 11.7 Å².